The number of hydrogen-bond donors (Lipinski definition) is 0. The van der Waals surface area contributed by atoms with Crippen LogP contribution in [-0.4, -0.2) is 16.0 Å². The predicted molar refractivity (Wildman–Crippen MR) is 117 cm³/mol. The lowest BCUT2D eigenvalue weighted by molar-refractivity contribution is -0.123. The molecule has 1 fully saturated rings. The number of carbonyl (C=O) groups excluding carboxylic acids is 2. The van der Waals surface area contributed by atoms with Gasteiger partial charge in [0.15, 0.2) is 5.09 Å². The first-order chi connectivity index (χ1) is 14.0. The van der Waals surface area contributed by atoms with Gasteiger partial charge in [0.05, 0.1) is 11.4 Å². The molecule has 0 aliphatic carbocycles. The molecule has 2 amide bonds. The third-order valence-corrected chi connectivity index (χ3v) is 6.48. The number of hydrogen-bond acceptors (Lipinski definition) is 5. The lowest BCUT2D eigenvalue weighted by atomic mass is 10.2. The maximum atomic E-state index is 12.7. The van der Waals surface area contributed by atoms with E-state index in [0.29, 0.717) is 15.7 Å². The summed E-state index contributed by atoms with van der Waals surface area (Å²) in [5.41, 5.74) is 1.93. The molecule has 1 aromatic heterocycles. The quantitative estimate of drug-likeness (QED) is 0.416. The van der Waals surface area contributed by atoms with Gasteiger partial charge in [-0.05, 0) is 54.6 Å². The van der Waals surface area contributed by atoms with E-state index in [0.717, 1.165) is 27.3 Å². The Labute approximate surface area is 181 Å². The van der Waals surface area contributed by atoms with Crippen LogP contribution in [0.25, 0.3) is 6.08 Å². The average Bonchev–Trinajstić information content (AvgIpc) is 3.25. The number of rotatable bonds is 5. The molecular weight excluding hydrogens is 426 g/mol. The summed E-state index contributed by atoms with van der Waals surface area (Å²) >= 11 is 8.56. The van der Waals surface area contributed by atoms with Crippen molar-refractivity contribution in [2.75, 3.05) is 0 Å². The van der Waals surface area contributed by atoms with Crippen LogP contribution in [0.1, 0.15) is 16.9 Å². The Morgan fingerprint density at radius 1 is 1.07 bits per heavy atom. The van der Waals surface area contributed by atoms with Crippen molar-refractivity contribution in [3.05, 3.63) is 87.5 Å². The Morgan fingerprint density at radius 2 is 1.83 bits per heavy atom. The van der Waals surface area contributed by atoms with Gasteiger partial charge in [0.25, 0.3) is 11.1 Å². The maximum absolute atomic E-state index is 12.7. The molecule has 1 saturated heterocycles. The molecule has 146 valence electrons. The number of aryl methyl sites for hydroxylation is 1. The van der Waals surface area contributed by atoms with Crippen LogP contribution in [0.4, 0.5) is 4.79 Å². The monoisotopic (exact) mass is 441 g/mol. The van der Waals surface area contributed by atoms with Gasteiger partial charge >= 0.3 is 0 Å². The summed E-state index contributed by atoms with van der Waals surface area (Å²) in [6.07, 6.45) is 1.61. The first-order valence-electron chi connectivity index (χ1n) is 8.83. The highest BCUT2D eigenvalue weighted by molar-refractivity contribution is 8.18. The van der Waals surface area contributed by atoms with Crippen LogP contribution >= 0.6 is 35.1 Å². The fraction of sp³-hybridized carbons (Fsp3) is 0.0909. The number of carbonyl (C=O) groups is 2. The summed E-state index contributed by atoms with van der Waals surface area (Å²) in [4.78, 5) is 27.6. The third-order valence-electron chi connectivity index (χ3n) is 4.27. The Balaban J connectivity index is 1.48. The predicted octanol–water partition coefficient (Wildman–Crippen LogP) is 6.63. The summed E-state index contributed by atoms with van der Waals surface area (Å²) in [5, 5.41) is 0.928. The van der Waals surface area contributed by atoms with E-state index in [4.69, 9.17) is 16.0 Å². The molecule has 0 spiro atoms. The Morgan fingerprint density at radius 3 is 2.59 bits per heavy atom. The largest absolute Gasteiger partial charge is 0.450 e. The highest BCUT2D eigenvalue weighted by Crippen LogP contribution is 2.35. The normalized spacial score (nSPS) is 15.5. The van der Waals surface area contributed by atoms with Gasteiger partial charge in [-0.1, -0.05) is 59.3 Å². The number of benzene rings is 2. The number of nitrogens with zero attached hydrogens (tertiary/aromatic N) is 1. The minimum absolute atomic E-state index is 0.147. The molecular formula is C22H16ClNO3S2. The molecule has 2 aromatic carbocycles. The molecule has 0 atom stereocenters. The zero-order valence-electron chi connectivity index (χ0n) is 15.4. The van der Waals surface area contributed by atoms with Crippen LogP contribution < -0.4 is 0 Å². The van der Waals surface area contributed by atoms with E-state index < -0.39 is 0 Å². The summed E-state index contributed by atoms with van der Waals surface area (Å²) in [7, 11) is 0. The molecule has 0 radical (unpaired) electrons. The molecule has 0 unspecified atom stereocenters. The molecule has 4 nitrogen and oxygen atoms in total. The molecule has 0 bridgehead atoms. The van der Waals surface area contributed by atoms with Crippen molar-refractivity contribution >= 4 is 52.3 Å². The topological polar surface area (TPSA) is 50.5 Å². The molecule has 2 heterocycles. The number of thioether (sulfide) groups is 1. The third kappa shape index (κ3) is 4.61. The number of imide groups is 1. The fourth-order valence-corrected chi connectivity index (χ4v) is 4.54. The number of furan rings is 1. The van der Waals surface area contributed by atoms with E-state index in [1.165, 1.54) is 22.2 Å². The molecule has 1 aliphatic rings. The SMILES string of the molecule is Cc1ccc(Sc2ccc(/C=C3\SC(=O)N(Cc4ccccc4Cl)C3=O)o2)cc1. The zero-order valence-corrected chi connectivity index (χ0v) is 17.8. The molecule has 1 aliphatic heterocycles. The summed E-state index contributed by atoms with van der Waals surface area (Å²) in [6.45, 7) is 2.19. The highest BCUT2D eigenvalue weighted by atomic mass is 35.5. The minimum Gasteiger partial charge on any atom is -0.450 e. The van der Waals surface area contributed by atoms with Crippen LogP contribution in [0.15, 0.2) is 80.0 Å². The van der Waals surface area contributed by atoms with Crippen LogP contribution in [-0.2, 0) is 11.3 Å². The average molecular weight is 442 g/mol. The van der Waals surface area contributed by atoms with Gasteiger partial charge in [-0.2, -0.15) is 0 Å². The minimum atomic E-state index is -0.343. The Kier molecular flexibility index (Phi) is 5.85. The second kappa shape index (κ2) is 8.53. The van der Waals surface area contributed by atoms with Crippen LogP contribution in [0.5, 0.6) is 0 Å². The molecule has 3 aromatic rings. The van der Waals surface area contributed by atoms with Crippen molar-refractivity contribution in [3.63, 3.8) is 0 Å². The van der Waals surface area contributed by atoms with Gasteiger partial charge in [0.1, 0.15) is 5.76 Å². The van der Waals surface area contributed by atoms with Crippen molar-refractivity contribution in [1.29, 1.82) is 0 Å². The molecule has 0 N–H and O–H groups in total. The van der Waals surface area contributed by atoms with Crippen molar-refractivity contribution in [2.24, 2.45) is 0 Å². The van der Waals surface area contributed by atoms with Gasteiger partial charge in [0, 0.05) is 16.0 Å². The van der Waals surface area contributed by atoms with Crippen LogP contribution in [0, 0.1) is 6.92 Å². The molecule has 7 heteroatoms. The second-order valence-electron chi connectivity index (χ2n) is 6.43. The molecule has 29 heavy (non-hydrogen) atoms. The Bertz CT molecular complexity index is 1110. The first-order valence-corrected chi connectivity index (χ1v) is 10.8. The lowest BCUT2D eigenvalue weighted by Crippen LogP contribution is -2.27. The van der Waals surface area contributed by atoms with Gasteiger partial charge < -0.3 is 4.42 Å². The van der Waals surface area contributed by atoms with E-state index in [1.807, 2.05) is 49.4 Å². The van der Waals surface area contributed by atoms with Crippen molar-refractivity contribution in [3.8, 4) is 0 Å². The fourth-order valence-electron chi connectivity index (χ4n) is 2.75. The summed E-state index contributed by atoms with van der Waals surface area (Å²) < 4.78 is 5.81. The van der Waals surface area contributed by atoms with Gasteiger partial charge in [-0.3, -0.25) is 14.5 Å². The maximum Gasteiger partial charge on any atom is 0.293 e. The van der Waals surface area contributed by atoms with E-state index >= 15 is 0 Å². The van der Waals surface area contributed by atoms with E-state index in [2.05, 4.69) is 0 Å². The second-order valence-corrected chi connectivity index (χ2v) is 8.91. The summed E-state index contributed by atoms with van der Waals surface area (Å²) in [6, 6.07) is 19.0. The van der Waals surface area contributed by atoms with E-state index in [1.54, 1.807) is 24.3 Å². The van der Waals surface area contributed by atoms with Crippen LogP contribution in [0.3, 0.4) is 0 Å². The molecule has 4 rings (SSSR count). The highest BCUT2D eigenvalue weighted by Gasteiger charge is 2.35. The van der Waals surface area contributed by atoms with Crippen molar-refractivity contribution in [2.45, 2.75) is 23.5 Å². The van der Waals surface area contributed by atoms with Crippen LogP contribution in [0.2, 0.25) is 5.02 Å². The van der Waals surface area contributed by atoms with Gasteiger partial charge in [0.2, 0.25) is 0 Å². The van der Waals surface area contributed by atoms with E-state index in [-0.39, 0.29) is 17.7 Å². The van der Waals surface area contributed by atoms with Crippen molar-refractivity contribution < 1.29 is 14.0 Å². The Hall–Kier alpha value is -2.41. The smallest absolute Gasteiger partial charge is 0.293 e. The van der Waals surface area contributed by atoms with E-state index in [9.17, 15) is 9.59 Å². The standard InChI is InChI=1S/C22H16ClNO3S2/c1-14-6-9-17(10-7-14)28-20-11-8-16(27-20)12-19-21(25)24(22(26)29-19)13-15-4-2-3-5-18(15)23/h2-12H,13H2,1H3/b19-12-. The zero-order chi connectivity index (χ0) is 20.4. The number of halogens is 1. The first kappa shape index (κ1) is 19.9. The summed E-state index contributed by atoms with van der Waals surface area (Å²) in [5.74, 6) is 0.187. The molecule has 0 saturated carbocycles. The van der Waals surface area contributed by atoms with Gasteiger partial charge in [-0.25, -0.2) is 0 Å². The number of amides is 2. The van der Waals surface area contributed by atoms with Crippen molar-refractivity contribution in [1.82, 2.24) is 4.90 Å². The lowest BCUT2D eigenvalue weighted by Gasteiger charge is -2.13. The van der Waals surface area contributed by atoms with Gasteiger partial charge in [-0.15, -0.1) is 0 Å².